The van der Waals surface area contributed by atoms with Crippen LogP contribution in [0.4, 0.5) is 5.69 Å². The molecule has 1 unspecified atom stereocenters. The van der Waals surface area contributed by atoms with E-state index in [9.17, 15) is 13.2 Å². The van der Waals surface area contributed by atoms with Gasteiger partial charge in [0.2, 0.25) is 15.9 Å². The molecule has 0 aliphatic carbocycles. The zero-order chi connectivity index (χ0) is 22.4. The number of hydrogen-bond acceptors (Lipinski definition) is 4. The first-order valence-electron chi connectivity index (χ1n) is 10.9. The summed E-state index contributed by atoms with van der Waals surface area (Å²) in [6.45, 7) is 8.84. The Morgan fingerprint density at radius 3 is 2.10 bits per heavy atom. The minimum atomic E-state index is -3.43. The number of benzene rings is 2. The van der Waals surface area contributed by atoms with E-state index in [2.05, 4.69) is 33.9 Å². The summed E-state index contributed by atoms with van der Waals surface area (Å²) >= 11 is 0. The molecule has 6 nitrogen and oxygen atoms in total. The fourth-order valence-electron chi connectivity index (χ4n) is 3.86. The predicted octanol–water partition coefficient (Wildman–Crippen LogP) is 3.04. The highest BCUT2D eigenvalue weighted by molar-refractivity contribution is 7.88. The topological polar surface area (TPSA) is 69.7 Å². The van der Waals surface area contributed by atoms with Crippen molar-refractivity contribution < 1.29 is 13.2 Å². The van der Waals surface area contributed by atoms with E-state index < -0.39 is 10.0 Å². The molecule has 1 saturated heterocycles. The molecule has 1 aliphatic heterocycles. The SMILES string of the molecule is CC(=O)N1CCN(c2ccc(CC(NS(=O)(=O)Cc3ccccc3)C(C)C)cc2)CC1. The van der Waals surface area contributed by atoms with Gasteiger partial charge in [-0.25, -0.2) is 13.1 Å². The van der Waals surface area contributed by atoms with Gasteiger partial charge in [-0.1, -0.05) is 56.3 Å². The molecule has 0 saturated carbocycles. The Hall–Kier alpha value is -2.38. The quantitative estimate of drug-likeness (QED) is 0.681. The van der Waals surface area contributed by atoms with Crippen molar-refractivity contribution in [3.8, 4) is 0 Å². The van der Waals surface area contributed by atoms with Gasteiger partial charge in [0.15, 0.2) is 0 Å². The van der Waals surface area contributed by atoms with Crippen molar-refractivity contribution in [2.45, 2.75) is 39.0 Å². The van der Waals surface area contributed by atoms with E-state index in [1.54, 1.807) is 6.92 Å². The number of anilines is 1. The van der Waals surface area contributed by atoms with Crippen molar-refractivity contribution in [3.05, 3.63) is 65.7 Å². The van der Waals surface area contributed by atoms with Crippen LogP contribution in [0, 0.1) is 5.92 Å². The van der Waals surface area contributed by atoms with Crippen LogP contribution in [-0.2, 0) is 27.0 Å². The number of piperazine rings is 1. The van der Waals surface area contributed by atoms with Crippen LogP contribution in [0.25, 0.3) is 0 Å². The second-order valence-corrected chi connectivity index (χ2v) is 10.3. The number of carbonyl (C=O) groups is 1. The molecule has 1 fully saturated rings. The molecule has 168 valence electrons. The lowest BCUT2D eigenvalue weighted by atomic mass is 9.97. The van der Waals surface area contributed by atoms with E-state index in [0.717, 1.165) is 43.0 Å². The summed E-state index contributed by atoms with van der Waals surface area (Å²) in [4.78, 5) is 15.7. The Balaban J connectivity index is 1.60. The van der Waals surface area contributed by atoms with Crippen LogP contribution in [0.2, 0.25) is 0 Å². The standard InChI is InChI=1S/C24H33N3O3S/c1-19(2)24(25-31(29,30)18-22-7-5-4-6-8-22)17-21-9-11-23(12-10-21)27-15-13-26(14-16-27)20(3)28/h4-12,19,24-25H,13-18H2,1-3H3. The van der Waals surface area contributed by atoms with Crippen molar-refractivity contribution in [1.82, 2.24) is 9.62 Å². The van der Waals surface area contributed by atoms with E-state index in [1.165, 1.54) is 0 Å². The normalized spacial score (nSPS) is 15.9. The smallest absolute Gasteiger partial charge is 0.219 e. The molecule has 1 N–H and O–H groups in total. The molecular formula is C24H33N3O3S. The number of amides is 1. The highest BCUT2D eigenvalue weighted by Crippen LogP contribution is 2.20. The summed E-state index contributed by atoms with van der Waals surface area (Å²) < 4.78 is 28.3. The summed E-state index contributed by atoms with van der Waals surface area (Å²) in [5, 5.41) is 0. The summed E-state index contributed by atoms with van der Waals surface area (Å²) in [6.07, 6.45) is 0.643. The maximum absolute atomic E-state index is 12.7. The van der Waals surface area contributed by atoms with Gasteiger partial charge in [-0.05, 0) is 35.6 Å². The highest BCUT2D eigenvalue weighted by atomic mass is 32.2. The highest BCUT2D eigenvalue weighted by Gasteiger charge is 2.22. The summed E-state index contributed by atoms with van der Waals surface area (Å²) in [7, 11) is -3.43. The van der Waals surface area contributed by atoms with E-state index in [4.69, 9.17) is 0 Å². The number of nitrogens with one attached hydrogen (secondary N) is 1. The number of nitrogens with zero attached hydrogens (tertiary/aromatic N) is 2. The molecule has 1 amide bonds. The lowest BCUT2D eigenvalue weighted by molar-refractivity contribution is -0.129. The average Bonchev–Trinajstić information content (AvgIpc) is 2.74. The van der Waals surface area contributed by atoms with Crippen LogP contribution in [-0.4, -0.2) is 51.4 Å². The van der Waals surface area contributed by atoms with Gasteiger partial charge in [0.1, 0.15) is 0 Å². The molecule has 1 heterocycles. The molecule has 3 rings (SSSR count). The molecular weight excluding hydrogens is 410 g/mol. The predicted molar refractivity (Wildman–Crippen MR) is 125 cm³/mol. The third-order valence-corrected chi connectivity index (χ3v) is 7.19. The maximum Gasteiger partial charge on any atom is 0.219 e. The minimum absolute atomic E-state index is 0.0117. The summed E-state index contributed by atoms with van der Waals surface area (Å²) in [6, 6.07) is 17.4. The Labute approximate surface area is 186 Å². The lowest BCUT2D eigenvalue weighted by Gasteiger charge is -2.35. The minimum Gasteiger partial charge on any atom is -0.368 e. The Kier molecular flexibility index (Phi) is 7.73. The molecule has 2 aromatic rings. The number of carbonyl (C=O) groups excluding carboxylic acids is 1. The van der Waals surface area contributed by atoms with Gasteiger partial charge in [-0.3, -0.25) is 4.79 Å². The molecule has 0 aromatic heterocycles. The first-order chi connectivity index (χ1) is 14.7. The third-order valence-electron chi connectivity index (χ3n) is 5.82. The maximum atomic E-state index is 12.7. The molecule has 7 heteroatoms. The van der Waals surface area contributed by atoms with Gasteiger partial charge in [-0.15, -0.1) is 0 Å². The van der Waals surface area contributed by atoms with E-state index >= 15 is 0 Å². The molecule has 0 radical (unpaired) electrons. The van der Waals surface area contributed by atoms with Gasteiger partial charge >= 0.3 is 0 Å². The van der Waals surface area contributed by atoms with Crippen LogP contribution in [0.15, 0.2) is 54.6 Å². The average molecular weight is 444 g/mol. The largest absolute Gasteiger partial charge is 0.368 e. The Morgan fingerprint density at radius 1 is 0.935 bits per heavy atom. The molecule has 0 bridgehead atoms. The first kappa shape index (κ1) is 23.3. The number of sulfonamides is 1. The zero-order valence-corrected chi connectivity index (χ0v) is 19.4. The third kappa shape index (κ3) is 6.80. The first-order valence-corrected chi connectivity index (χ1v) is 12.5. The fraction of sp³-hybridized carbons (Fsp3) is 0.458. The Morgan fingerprint density at radius 2 is 1.55 bits per heavy atom. The van der Waals surface area contributed by atoms with Crippen LogP contribution in [0.1, 0.15) is 31.9 Å². The molecule has 0 spiro atoms. The molecule has 1 atom stereocenters. The Bertz CT molecular complexity index is 951. The van der Waals surface area contributed by atoms with Crippen molar-refractivity contribution in [1.29, 1.82) is 0 Å². The zero-order valence-electron chi connectivity index (χ0n) is 18.6. The van der Waals surface area contributed by atoms with E-state index in [0.29, 0.717) is 6.42 Å². The van der Waals surface area contributed by atoms with Crippen LogP contribution < -0.4 is 9.62 Å². The molecule has 2 aromatic carbocycles. The fourth-order valence-corrected chi connectivity index (χ4v) is 5.39. The van der Waals surface area contributed by atoms with Gasteiger partial charge in [-0.2, -0.15) is 0 Å². The van der Waals surface area contributed by atoms with Gasteiger partial charge < -0.3 is 9.80 Å². The van der Waals surface area contributed by atoms with Crippen LogP contribution in [0.3, 0.4) is 0 Å². The molecule has 31 heavy (non-hydrogen) atoms. The van der Waals surface area contributed by atoms with Crippen LogP contribution in [0.5, 0.6) is 0 Å². The number of rotatable bonds is 8. The van der Waals surface area contributed by atoms with Crippen molar-refractivity contribution in [3.63, 3.8) is 0 Å². The second kappa shape index (κ2) is 10.3. The monoisotopic (exact) mass is 443 g/mol. The van der Waals surface area contributed by atoms with E-state index in [1.807, 2.05) is 49.1 Å². The van der Waals surface area contributed by atoms with E-state index in [-0.39, 0.29) is 23.6 Å². The summed E-state index contributed by atoms with van der Waals surface area (Å²) in [5.41, 5.74) is 3.02. The lowest BCUT2D eigenvalue weighted by Crippen LogP contribution is -2.48. The molecule has 1 aliphatic rings. The second-order valence-electron chi connectivity index (χ2n) is 8.58. The van der Waals surface area contributed by atoms with Crippen LogP contribution >= 0.6 is 0 Å². The van der Waals surface area contributed by atoms with Gasteiger partial charge in [0.25, 0.3) is 0 Å². The number of hydrogen-bond donors (Lipinski definition) is 1. The van der Waals surface area contributed by atoms with Gasteiger partial charge in [0.05, 0.1) is 5.75 Å². The summed E-state index contributed by atoms with van der Waals surface area (Å²) in [5.74, 6) is 0.289. The van der Waals surface area contributed by atoms with Crippen molar-refractivity contribution in [2.75, 3.05) is 31.1 Å². The van der Waals surface area contributed by atoms with Crippen molar-refractivity contribution >= 4 is 21.6 Å². The van der Waals surface area contributed by atoms with Gasteiger partial charge in [0, 0.05) is 44.8 Å². The van der Waals surface area contributed by atoms with Crippen molar-refractivity contribution in [2.24, 2.45) is 5.92 Å².